The minimum absolute atomic E-state index is 0.258. The van der Waals surface area contributed by atoms with Gasteiger partial charge in [-0.05, 0) is 62.3 Å². The van der Waals surface area contributed by atoms with Crippen LogP contribution in [0, 0.1) is 23.7 Å². The first-order chi connectivity index (χ1) is 9.22. The molecule has 0 aromatic rings. The van der Waals surface area contributed by atoms with Crippen LogP contribution in [0.3, 0.4) is 0 Å². The molecule has 0 spiro atoms. The van der Waals surface area contributed by atoms with E-state index in [4.69, 9.17) is 0 Å². The summed E-state index contributed by atoms with van der Waals surface area (Å²) in [7, 11) is 0. The van der Waals surface area contributed by atoms with Crippen molar-refractivity contribution >= 4 is 5.91 Å². The Balaban J connectivity index is 1.39. The summed E-state index contributed by atoms with van der Waals surface area (Å²) < 4.78 is 0. The van der Waals surface area contributed by atoms with Gasteiger partial charge in [0.15, 0.2) is 0 Å². The third-order valence-corrected chi connectivity index (χ3v) is 5.78. The average Bonchev–Trinajstić information content (AvgIpc) is 3.01. The fraction of sp³-hybridized carbons (Fsp3) is 0.938. The van der Waals surface area contributed by atoms with Crippen molar-refractivity contribution in [1.82, 2.24) is 10.6 Å². The molecular weight excluding hydrogens is 236 g/mol. The van der Waals surface area contributed by atoms with Gasteiger partial charge in [0, 0.05) is 19.0 Å². The van der Waals surface area contributed by atoms with E-state index in [1.165, 1.54) is 38.5 Å². The summed E-state index contributed by atoms with van der Waals surface area (Å²) in [6.07, 6.45) is 8.83. The summed E-state index contributed by atoms with van der Waals surface area (Å²) in [4.78, 5) is 12.1. The van der Waals surface area contributed by atoms with E-state index in [1.807, 2.05) is 0 Å². The molecule has 0 radical (unpaired) electrons. The van der Waals surface area contributed by atoms with Crippen molar-refractivity contribution in [1.29, 1.82) is 0 Å². The summed E-state index contributed by atoms with van der Waals surface area (Å²) in [5, 5.41) is 6.69. The Morgan fingerprint density at radius 2 is 2.16 bits per heavy atom. The van der Waals surface area contributed by atoms with Gasteiger partial charge in [-0.15, -0.1) is 0 Å². The molecule has 3 rings (SSSR count). The molecule has 1 heterocycles. The van der Waals surface area contributed by atoms with E-state index in [0.717, 1.165) is 30.8 Å². The van der Waals surface area contributed by atoms with Crippen molar-refractivity contribution in [3.63, 3.8) is 0 Å². The zero-order valence-electron chi connectivity index (χ0n) is 12.2. The Labute approximate surface area is 116 Å². The quantitative estimate of drug-likeness (QED) is 0.818. The molecule has 5 atom stereocenters. The van der Waals surface area contributed by atoms with Gasteiger partial charge in [-0.2, -0.15) is 0 Å². The normalized spacial score (nSPS) is 41.4. The standard InChI is InChI=1S/C16H28N2O/c1-11-3-2-6-17-15(11)9-16(19)18-10-14-8-12-4-5-13(14)7-12/h11-15,17H,2-10H2,1H3,(H,18,19). The predicted molar refractivity (Wildman–Crippen MR) is 76.8 cm³/mol. The Kier molecular flexibility index (Phi) is 4.11. The van der Waals surface area contributed by atoms with Gasteiger partial charge in [0.2, 0.25) is 5.91 Å². The van der Waals surface area contributed by atoms with E-state index in [-0.39, 0.29) is 5.91 Å². The first-order valence-electron chi connectivity index (χ1n) is 8.22. The van der Waals surface area contributed by atoms with Gasteiger partial charge in [0.05, 0.1) is 0 Å². The lowest BCUT2D eigenvalue weighted by Crippen LogP contribution is -2.44. The Bertz CT molecular complexity index is 331. The number of nitrogens with one attached hydrogen (secondary N) is 2. The second kappa shape index (κ2) is 5.82. The van der Waals surface area contributed by atoms with Crippen LogP contribution in [0.4, 0.5) is 0 Å². The van der Waals surface area contributed by atoms with Crippen LogP contribution in [-0.2, 0) is 4.79 Å². The third kappa shape index (κ3) is 3.13. The molecule has 2 saturated carbocycles. The molecule has 1 saturated heterocycles. The molecular formula is C16H28N2O. The SMILES string of the molecule is CC1CCCNC1CC(=O)NCC1CC2CCC1C2. The van der Waals surface area contributed by atoms with Crippen LogP contribution < -0.4 is 10.6 Å². The number of fused-ring (bicyclic) bond motifs is 2. The van der Waals surface area contributed by atoms with Crippen LogP contribution in [0.25, 0.3) is 0 Å². The third-order valence-electron chi connectivity index (χ3n) is 5.78. The first-order valence-corrected chi connectivity index (χ1v) is 8.22. The van der Waals surface area contributed by atoms with E-state index in [0.29, 0.717) is 18.4 Å². The lowest BCUT2D eigenvalue weighted by atomic mass is 9.88. The molecule has 0 aromatic heterocycles. The van der Waals surface area contributed by atoms with E-state index in [2.05, 4.69) is 17.6 Å². The van der Waals surface area contributed by atoms with Crippen molar-refractivity contribution < 1.29 is 4.79 Å². The van der Waals surface area contributed by atoms with E-state index in [1.54, 1.807) is 0 Å². The van der Waals surface area contributed by atoms with Gasteiger partial charge in [-0.25, -0.2) is 0 Å². The van der Waals surface area contributed by atoms with Gasteiger partial charge in [-0.1, -0.05) is 13.3 Å². The lowest BCUT2D eigenvalue weighted by Gasteiger charge is -2.30. The van der Waals surface area contributed by atoms with Gasteiger partial charge < -0.3 is 10.6 Å². The molecule has 2 N–H and O–H groups in total. The van der Waals surface area contributed by atoms with Crippen molar-refractivity contribution in [2.45, 2.75) is 57.9 Å². The van der Waals surface area contributed by atoms with E-state index in [9.17, 15) is 4.79 Å². The van der Waals surface area contributed by atoms with Crippen molar-refractivity contribution in [3.8, 4) is 0 Å². The molecule has 0 aromatic carbocycles. The summed E-state index contributed by atoms with van der Waals surface area (Å²) in [5.41, 5.74) is 0. The molecule has 2 bridgehead atoms. The zero-order chi connectivity index (χ0) is 13.2. The molecule has 3 aliphatic rings. The average molecular weight is 264 g/mol. The molecule has 1 amide bonds. The van der Waals surface area contributed by atoms with Crippen molar-refractivity contribution in [3.05, 3.63) is 0 Å². The maximum Gasteiger partial charge on any atom is 0.221 e. The number of rotatable bonds is 4. The monoisotopic (exact) mass is 264 g/mol. The maximum absolute atomic E-state index is 12.1. The molecule has 19 heavy (non-hydrogen) atoms. The summed E-state index contributed by atoms with van der Waals surface area (Å²) >= 11 is 0. The van der Waals surface area contributed by atoms with Crippen molar-refractivity contribution in [2.75, 3.05) is 13.1 Å². The Morgan fingerprint density at radius 1 is 1.26 bits per heavy atom. The number of amides is 1. The number of hydrogen-bond donors (Lipinski definition) is 2. The van der Waals surface area contributed by atoms with E-state index >= 15 is 0 Å². The second-order valence-electron chi connectivity index (χ2n) is 7.12. The zero-order valence-corrected chi connectivity index (χ0v) is 12.2. The van der Waals surface area contributed by atoms with Gasteiger partial charge in [-0.3, -0.25) is 4.79 Å². The lowest BCUT2D eigenvalue weighted by molar-refractivity contribution is -0.122. The highest BCUT2D eigenvalue weighted by Gasteiger charge is 2.39. The maximum atomic E-state index is 12.1. The smallest absolute Gasteiger partial charge is 0.221 e. The van der Waals surface area contributed by atoms with Gasteiger partial charge in [0.1, 0.15) is 0 Å². The highest BCUT2D eigenvalue weighted by atomic mass is 16.1. The number of carbonyl (C=O) groups is 1. The number of carbonyl (C=O) groups excluding carboxylic acids is 1. The van der Waals surface area contributed by atoms with Crippen LogP contribution in [0.15, 0.2) is 0 Å². The highest BCUT2D eigenvalue weighted by molar-refractivity contribution is 5.76. The fourth-order valence-electron chi connectivity index (χ4n) is 4.53. The van der Waals surface area contributed by atoms with Crippen LogP contribution in [-0.4, -0.2) is 25.0 Å². The minimum Gasteiger partial charge on any atom is -0.356 e. The highest BCUT2D eigenvalue weighted by Crippen LogP contribution is 2.47. The number of piperidine rings is 1. The Hall–Kier alpha value is -0.570. The molecule has 5 unspecified atom stereocenters. The van der Waals surface area contributed by atoms with Crippen LogP contribution >= 0.6 is 0 Å². The molecule has 108 valence electrons. The van der Waals surface area contributed by atoms with Crippen LogP contribution in [0.2, 0.25) is 0 Å². The van der Waals surface area contributed by atoms with Gasteiger partial charge >= 0.3 is 0 Å². The fourth-order valence-corrected chi connectivity index (χ4v) is 4.53. The largest absolute Gasteiger partial charge is 0.356 e. The predicted octanol–water partition coefficient (Wildman–Crippen LogP) is 2.32. The molecule has 3 fully saturated rings. The molecule has 2 aliphatic carbocycles. The summed E-state index contributed by atoms with van der Waals surface area (Å²) in [6, 6.07) is 0.397. The van der Waals surface area contributed by atoms with Crippen molar-refractivity contribution in [2.24, 2.45) is 23.7 Å². The molecule has 3 heteroatoms. The Morgan fingerprint density at radius 3 is 2.84 bits per heavy atom. The van der Waals surface area contributed by atoms with Crippen LogP contribution in [0.5, 0.6) is 0 Å². The van der Waals surface area contributed by atoms with Gasteiger partial charge in [0.25, 0.3) is 0 Å². The second-order valence-corrected chi connectivity index (χ2v) is 7.12. The molecule has 1 aliphatic heterocycles. The first kappa shape index (κ1) is 13.4. The topological polar surface area (TPSA) is 41.1 Å². The summed E-state index contributed by atoms with van der Waals surface area (Å²) in [5.74, 6) is 3.57. The minimum atomic E-state index is 0.258. The molecule has 3 nitrogen and oxygen atoms in total. The number of hydrogen-bond acceptors (Lipinski definition) is 2. The van der Waals surface area contributed by atoms with E-state index < -0.39 is 0 Å². The van der Waals surface area contributed by atoms with Crippen LogP contribution in [0.1, 0.15) is 51.9 Å². The summed E-state index contributed by atoms with van der Waals surface area (Å²) in [6.45, 7) is 4.27.